The lowest BCUT2D eigenvalue weighted by Crippen LogP contribution is -2.16. The Morgan fingerprint density at radius 2 is 2.29 bits per heavy atom. The molecular formula is C12H16ClN. The molecule has 0 saturated heterocycles. The maximum Gasteiger partial charge on any atom is 0.0447 e. The first kappa shape index (κ1) is 9.97. The highest BCUT2D eigenvalue weighted by Crippen LogP contribution is 2.51. The van der Waals surface area contributed by atoms with Crippen molar-refractivity contribution < 1.29 is 0 Å². The van der Waals surface area contributed by atoms with E-state index < -0.39 is 0 Å². The van der Waals surface area contributed by atoms with Crippen molar-refractivity contribution in [2.24, 2.45) is 5.41 Å². The summed E-state index contributed by atoms with van der Waals surface area (Å²) in [6, 6.07) is 4.07. The number of hydrogen-bond donors (Lipinski definition) is 0. The second-order valence-corrected chi connectivity index (χ2v) is 5.12. The van der Waals surface area contributed by atoms with E-state index in [0.29, 0.717) is 5.41 Å². The topological polar surface area (TPSA) is 12.9 Å². The van der Waals surface area contributed by atoms with Crippen molar-refractivity contribution in [1.82, 2.24) is 4.98 Å². The Labute approximate surface area is 90.5 Å². The molecule has 14 heavy (non-hydrogen) atoms. The SMILES string of the molecule is Cc1cccnc1CC(Cl)C1(C)CC1. The third-order valence-corrected chi connectivity index (χ3v) is 3.97. The van der Waals surface area contributed by atoms with Gasteiger partial charge in [0.15, 0.2) is 0 Å². The molecule has 0 spiro atoms. The van der Waals surface area contributed by atoms with E-state index in [0.717, 1.165) is 12.1 Å². The smallest absolute Gasteiger partial charge is 0.0447 e. The van der Waals surface area contributed by atoms with Gasteiger partial charge < -0.3 is 0 Å². The lowest BCUT2D eigenvalue weighted by Gasteiger charge is -2.16. The Kier molecular flexibility index (Phi) is 2.52. The van der Waals surface area contributed by atoms with Gasteiger partial charge in [0.2, 0.25) is 0 Å². The zero-order chi connectivity index (χ0) is 10.2. The van der Waals surface area contributed by atoms with Crippen LogP contribution in [0.25, 0.3) is 0 Å². The summed E-state index contributed by atoms with van der Waals surface area (Å²) in [6.45, 7) is 4.37. The fraction of sp³-hybridized carbons (Fsp3) is 0.583. The monoisotopic (exact) mass is 209 g/mol. The van der Waals surface area contributed by atoms with Crippen LogP contribution in [0.2, 0.25) is 0 Å². The molecule has 2 heteroatoms. The quantitative estimate of drug-likeness (QED) is 0.696. The summed E-state index contributed by atoms with van der Waals surface area (Å²) in [4.78, 5) is 4.38. The number of aryl methyl sites for hydroxylation is 1. The first-order valence-electron chi connectivity index (χ1n) is 5.16. The highest BCUT2D eigenvalue weighted by molar-refractivity contribution is 6.21. The standard InChI is InChI=1S/C12H16ClN/c1-9-4-3-7-14-10(9)8-11(13)12(2)5-6-12/h3-4,7,11H,5-6,8H2,1-2H3. The molecule has 1 fully saturated rings. The third-order valence-electron chi connectivity index (χ3n) is 3.29. The van der Waals surface area contributed by atoms with Gasteiger partial charge in [-0.15, -0.1) is 11.6 Å². The van der Waals surface area contributed by atoms with Crippen LogP contribution in [0.15, 0.2) is 18.3 Å². The van der Waals surface area contributed by atoms with Gasteiger partial charge in [-0.2, -0.15) is 0 Å². The van der Waals surface area contributed by atoms with E-state index in [-0.39, 0.29) is 5.38 Å². The molecule has 0 amide bonds. The van der Waals surface area contributed by atoms with E-state index in [2.05, 4.69) is 24.9 Å². The van der Waals surface area contributed by atoms with Crippen molar-refractivity contribution in [2.45, 2.75) is 38.5 Å². The number of rotatable bonds is 3. The summed E-state index contributed by atoms with van der Waals surface area (Å²) >= 11 is 6.39. The zero-order valence-corrected chi connectivity index (χ0v) is 9.51. The Morgan fingerprint density at radius 3 is 2.86 bits per heavy atom. The van der Waals surface area contributed by atoms with Gasteiger partial charge in [-0.3, -0.25) is 4.98 Å². The van der Waals surface area contributed by atoms with Crippen molar-refractivity contribution in [3.8, 4) is 0 Å². The first-order valence-corrected chi connectivity index (χ1v) is 5.60. The van der Waals surface area contributed by atoms with E-state index in [4.69, 9.17) is 11.6 Å². The lowest BCUT2D eigenvalue weighted by atomic mass is 9.99. The van der Waals surface area contributed by atoms with E-state index in [9.17, 15) is 0 Å². The van der Waals surface area contributed by atoms with E-state index in [1.54, 1.807) is 0 Å². The molecule has 1 aromatic heterocycles. The van der Waals surface area contributed by atoms with Gasteiger partial charge in [0.25, 0.3) is 0 Å². The maximum atomic E-state index is 6.39. The molecule has 1 aliphatic carbocycles. The summed E-state index contributed by atoms with van der Waals surface area (Å²) in [5.41, 5.74) is 2.79. The van der Waals surface area contributed by atoms with Gasteiger partial charge in [-0.05, 0) is 36.8 Å². The van der Waals surface area contributed by atoms with E-state index in [1.165, 1.54) is 18.4 Å². The number of pyridine rings is 1. The molecule has 0 aliphatic heterocycles. The van der Waals surface area contributed by atoms with Crippen molar-refractivity contribution in [3.05, 3.63) is 29.6 Å². The van der Waals surface area contributed by atoms with Gasteiger partial charge in [0.05, 0.1) is 0 Å². The Bertz CT molecular complexity index is 331. The van der Waals surface area contributed by atoms with Crippen LogP contribution in [0.1, 0.15) is 31.0 Å². The minimum Gasteiger partial charge on any atom is -0.261 e. The molecule has 1 nitrogen and oxygen atoms in total. The van der Waals surface area contributed by atoms with E-state index in [1.807, 2.05) is 12.3 Å². The van der Waals surface area contributed by atoms with Crippen molar-refractivity contribution in [3.63, 3.8) is 0 Å². The average Bonchev–Trinajstić information content (AvgIpc) is 2.89. The van der Waals surface area contributed by atoms with Gasteiger partial charge in [0.1, 0.15) is 0 Å². The van der Waals surface area contributed by atoms with Crippen LogP contribution >= 0.6 is 11.6 Å². The summed E-state index contributed by atoms with van der Waals surface area (Å²) in [5, 5.41) is 0.246. The Balaban J connectivity index is 2.07. The molecule has 1 saturated carbocycles. The molecule has 1 aliphatic rings. The van der Waals surface area contributed by atoms with E-state index >= 15 is 0 Å². The molecule has 1 unspecified atom stereocenters. The molecule has 0 N–H and O–H groups in total. The van der Waals surface area contributed by atoms with Crippen LogP contribution in [0, 0.1) is 12.3 Å². The molecule has 0 bridgehead atoms. The fourth-order valence-electron chi connectivity index (χ4n) is 1.66. The van der Waals surface area contributed by atoms with Crippen LogP contribution in [0.3, 0.4) is 0 Å². The highest BCUT2D eigenvalue weighted by Gasteiger charge is 2.43. The predicted octanol–water partition coefficient (Wildman–Crippen LogP) is 3.34. The Morgan fingerprint density at radius 1 is 1.57 bits per heavy atom. The largest absolute Gasteiger partial charge is 0.261 e. The molecular weight excluding hydrogens is 194 g/mol. The van der Waals surface area contributed by atoms with Crippen LogP contribution in [0.5, 0.6) is 0 Å². The van der Waals surface area contributed by atoms with Crippen LogP contribution in [-0.4, -0.2) is 10.4 Å². The number of aromatic nitrogens is 1. The molecule has 0 radical (unpaired) electrons. The maximum absolute atomic E-state index is 6.39. The van der Waals surface area contributed by atoms with Crippen molar-refractivity contribution in [2.75, 3.05) is 0 Å². The van der Waals surface area contributed by atoms with Gasteiger partial charge in [-0.25, -0.2) is 0 Å². The van der Waals surface area contributed by atoms with Gasteiger partial charge in [-0.1, -0.05) is 13.0 Å². The molecule has 1 atom stereocenters. The van der Waals surface area contributed by atoms with Crippen LogP contribution in [-0.2, 0) is 6.42 Å². The molecule has 1 aromatic rings. The molecule has 76 valence electrons. The first-order chi connectivity index (χ1) is 6.62. The lowest BCUT2D eigenvalue weighted by molar-refractivity contribution is 0.523. The number of alkyl halides is 1. The van der Waals surface area contributed by atoms with Gasteiger partial charge >= 0.3 is 0 Å². The average molecular weight is 210 g/mol. The summed E-state index contributed by atoms with van der Waals surface area (Å²) in [6.07, 6.45) is 5.30. The molecule has 2 rings (SSSR count). The number of halogens is 1. The number of hydrogen-bond acceptors (Lipinski definition) is 1. The minimum absolute atomic E-state index is 0.246. The van der Waals surface area contributed by atoms with Crippen molar-refractivity contribution in [1.29, 1.82) is 0 Å². The Hall–Kier alpha value is -0.560. The third kappa shape index (κ3) is 1.93. The highest BCUT2D eigenvalue weighted by atomic mass is 35.5. The number of nitrogens with zero attached hydrogens (tertiary/aromatic N) is 1. The second-order valence-electron chi connectivity index (χ2n) is 4.59. The summed E-state index contributed by atoms with van der Waals surface area (Å²) in [5.74, 6) is 0. The van der Waals surface area contributed by atoms with Gasteiger partial charge in [0, 0.05) is 23.7 Å². The molecule has 0 aromatic carbocycles. The van der Waals surface area contributed by atoms with Crippen LogP contribution in [0.4, 0.5) is 0 Å². The second kappa shape index (κ2) is 3.54. The van der Waals surface area contributed by atoms with Crippen molar-refractivity contribution >= 4 is 11.6 Å². The molecule has 1 heterocycles. The summed E-state index contributed by atoms with van der Waals surface area (Å²) in [7, 11) is 0. The summed E-state index contributed by atoms with van der Waals surface area (Å²) < 4.78 is 0. The van der Waals surface area contributed by atoms with Crippen LogP contribution < -0.4 is 0 Å². The predicted molar refractivity (Wildman–Crippen MR) is 59.7 cm³/mol. The normalized spacial score (nSPS) is 20.5. The zero-order valence-electron chi connectivity index (χ0n) is 8.76. The minimum atomic E-state index is 0.246. The fourth-order valence-corrected chi connectivity index (χ4v) is 2.02.